The number of aliphatic hydroxyl groups excluding tert-OH is 1. The zero-order chi connectivity index (χ0) is 25.7. The molecule has 2 aliphatic heterocycles. The molecular formula is C24H34N4O6S. The lowest BCUT2D eigenvalue weighted by Crippen LogP contribution is -2.50. The summed E-state index contributed by atoms with van der Waals surface area (Å²) < 4.78 is 29.1. The summed E-state index contributed by atoms with van der Waals surface area (Å²) in [6.07, 6.45) is 0.377. The van der Waals surface area contributed by atoms with Crippen LogP contribution in [0.5, 0.6) is 0 Å². The van der Waals surface area contributed by atoms with E-state index in [0.717, 1.165) is 4.31 Å². The van der Waals surface area contributed by atoms with Crippen molar-refractivity contribution in [3.05, 3.63) is 35.9 Å². The van der Waals surface area contributed by atoms with Crippen molar-refractivity contribution < 1.29 is 27.9 Å². The Kier molecular flexibility index (Phi) is 7.07. The fourth-order valence-corrected chi connectivity index (χ4v) is 7.21. The predicted octanol–water partition coefficient (Wildman–Crippen LogP) is 0.363. The van der Waals surface area contributed by atoms with Gasteiger partial charge >= 0.3 is 0 Å². The van der Waals surface area contributed by atoms with E-state index in [1.54, 1.807) is 31.2 Å². The molecule has 3 fully saturated rings. The highest BCUT2D eigenvalue weighted by Gasteiger charge is 2.60. The molecule has 3 amide bonds. The average molecular weight is 507 g/mol. The van der Waals surface area contributed by atoms with E-state index in [2.05, 4.69) is 5.32 Å². The molecule has 11 heteroatoms. The van der Waals surface area contributed by atoms with Gasteiger partial charge in [-0.25, -0.2) is 0 Å². The van der Waals surface area contributed by atoms with E-state index in [9.17, 15) is 27.9 Å². The number of benzene rings is 1. The van der Waals surface area contributed by atoms with Gasteiger partial charge in [0.15, 0.2) is 0 Å². The zero-order valence-corrected chi connectivity index (χ0v) is 21.3. The van der Waals surface area contributed by atoms with Gasteiger partial charge in [0.05, 0.1) is 37.2 Å². The van der Waals surface area contributed by atoms with Gasteiger partial charge in [-0.2, -0.15) is 17.0 Å². The van der Waals surface area contributed by atoms with Gasteiger partial charge in [0.2, 0.25) is 17.7 Å². The van der Waals surface area contributed by atoms with E-state index in [-0.39, 0.29) is 42.7 Å². The summed E-state index contributed by atoms with van der Waals surface area (Å²) >= 11 is 0. The highest BCUT2D eigenvalue weighted by atomic mass is 32.2. The number of aliphatic hydroxyl groups is 1. The van der Waals surface area contributed by atoms with Gasteiger partial charge in [-0.05, 0) is 23.8 Å². The average Bonchev–Trinajstić information content (AvgIpc) is 3.13. The predicted molar refractivity (Wildman–Crippen MR) is 128 cm³/mol. The first-order valence-corrected chi connectivity index (χ1v) is 13.5. The van der Waals surface area contributed by atoms with Crippen LogP contribution in [0.1, 0.15) is 38.8 Å². The quantitative estimate of drug-likeness (QED) is 0.490. The van der Waals surface area contributed by atoms with Gasteiger partial charge in [-0.1, -0.05) is 51.1 Å². The highest BCUT2D eigenvalue weighted by molar-refractivity contribution is 7.86. The highest BCUT2D eigenvalue weighted by Crippen LogP contribution is 2.49. The molecule has 2 saturated heterocycles. The van der Waals surface area contributed by atoms with Crippen molar-refractivity contribution in [1.82, 2.24) is 18.8 Å². The number of nitrogens with one attached hydrogen (secondary N) is 1. The number of amides is 3. The summed E-state index contributed by atoms with van der Waals surface area (Å²) in [7, 11) is -2.76. The van der Waals surface area contributed by atoms with Crippen LogP contribution in [0.4, 0.5) is 0 Å². The summed E-state index contributed by atoms with van der Waals surface area (Å²) in [5, 5.41) is 12.3. The zero-order valence-electron chi connectivity index (χ0n) is 20.5. The third-order valence-corrected chi connectivity index (χ3v) is 9.90. The van der Waals surface area contributed by atoms with E-state index in [1.807, 2.05) is 19.9 Å². The largest absolute Gasteiger partial charge is 0.394 e. The van der Waals surface area contributed by atoms with Crippen LogP contribution >= 0.6 is 0 Å². The van der Waals surface area contributed by atoms with Gasteiger partial charge < -0.3 is 10.4 Å². The molecule has 1 aliphatic carbocycles. The Labute approximate surface area is 206 Å². The summed E-state index contributed by atoms with van der Waals surface area (Å²) in [6.45, 7) is 5.04. The van der Waals surface area contributed by atoms with Crippen molar-refractivity contribution in [2.75, 3.05) is 26.7 Å². The monoisotopic (exact) mass is 506 g/mol. The lowest BCUT2D eigenvalue weighted by molar-refractivity contribution is -0.146. The number of likely N-dealkylation sites (tertiary alicyclic amines) is 1. The van der Waals surface area contributed by atoms with Crippen LogP contribution in [0, 0.1) is 23.7 Å². The summed E-state index contributed by atoms with van der Waals surface area (Å²) in [5.41, 5.74) is 0.707. The SMILES string of the molecule is C[C@@H]1C(=O)N(C(=O)C2[C@@H](C)[C@H]2C)[C@H]2CCN(S(=O)(=O)N(C)CC(=O)N[C@@H](CO)c3ccccc3)[C@H]12. The van der Waals surface area contributed by atoms with E-state index >= 15 is 0 Å². The maximum Gasteiger partial charge on any atom is 0.282 e. The molecule has 0 bridgehead atoms. The van der Waals surface area contributed by atoms with Crippen LogP contribution in [0.2, 0.25) is 0 Å². The Balaban J connectivity index is 1.44. The molecule has 0 radical (unpaired) electrons. The minimum Gasteiger partial charge on any atom is -0.394 e. The number of hydrogen-bond acceptors (Lipinski definition) is 6. The Morgan fingerprint density at radius 2 is 1.80 bits per heavy atom. The molecule has 10 nitrogen and oxygen atoms in total. The molecule has 0 spiro atoms. The number of likely N-dealkylation sites (N-methyl/N-ethyl adjacent to an activating group) is 1. The molecule has 2 N–H and O–H groups in total. The smallest absolute Gasteiger partial charge is 0.282 e. The topological polar surface area (TPSA) is 127 Å². The molecule has 2 heterocycles. The fraction of sp³-hybridized carbons (Fsp3) is 0.625. The van der Waals surface area contributed by atoms with Crippen LogP contribution in [-0.2, 0) is 24.6 Å². The van der Waals surface area contributed by atoms with E-state index in [1.165, 1.54) is 16.3 Å². The summed E-state index contributed by atoms with van der Waals surface area (Å²) in [5.74, 6) is -1.49. The Hall–Kier alpha value is -2.34. The molecule has 1 saturated carbocycles. The number of fused-ring (bicyclic) bond motifs is 1. The summed E-state index contributed by atoms with van der Waals surface area (Å²) in [6, 6.07) is 7.12. The van der Waals surface area contributed by atoms with Gasteiger partial charge in [-0.15, -0.1) is 0 Å². The minimum absolute atomic E-state index is 0.171. The van der Waals surface area contributed by atoms with Crippen LogP contribution in [0.25, 0.3) is 0 Å². The molecule has 0 aromatic heterocycles. The Bertz CT molecular complexity index is 1090. The number of carbonyl (C=O) groups excluding carboxylic acids is 3. The van der Waals surface area contributed by atoms with Crippen LogP contribution in [-0.4, -0.2) is 83.6 Å². The van der Waals surface area contributed by atoms with E-state index in [4.69, 9.17) is 0 Å². The third-order valence-electron chi connectivity index (χ3n) is 7.96. The lowest BCUT2D eigenvalue weighted by atomic mass is 10.0. The van der Waals surface area contributed by atoms with Crippen molar-refractivity contribution in [3.8, 4) is 0 Å². The molecule has 3 aliphatic rings. The van der Waals surface area contributed by atoms with E-state index < -0.39 is 46.7 Å². The third kappa shape index (κ3) is 4.50. The first-order chi connectivity index (χ1) is 16.5. The van der Waals surface area contributed by atoms with Crippen molar-refractivity contribution in [1.29, 1.82) is 0 Å². The Morgan fingerprint density at radius 3 is 2.37 bits per heavy atom. The molecule has 7 atom stereocenters. The normalized spacial score (nSPS) is 31.5. The van der Waals surface area contributed by atoms with Gasteiger partial charge in [0.1, 0.15) is 0 Å². The molecule has 35 heavy (non-hydrogen) atoms. The summed E-state index contributed by atoms with van der Waals surface area (Å²) in [4.78, 5) is 40.0. The van der Waals surface area contributed by atoms with Crippen molar-refractivity contribution >= 4 is 27.9 Å². The second-order valence-corrected chi connectivity index (χ2v) is 12.0. The van der Waals surface area contributed by atoms with Gasteiger partial charge in [0, 0.05) is 19.5 Å². The number of hydrogen-bond donors (Lipinski definition) is 2. The minimum atomic E-state index is -4.07. The second kappa shape index (κ2) is 9.61. The lowest BCUT2D eigenvalue weighted by Gasteiger charge is -2.29. The van der Waals surface area contributed by atoms with Crippen LogP contribution < -0.4 is 5.32 Å². The number of carbonyl (C=O) groups is 3. The van der Waals surface area contributed by atoms with Gasteiger partial charge in [0.25, 0.3) is 10.2 Å². The van der Waals surface area contributed by atoms with E-state index in [0.29, 0.717) is 12.0 Å². The maximum atomic E-state index is 13.4. The number of nitrogens with zero attached hydrogens (tertiary/aromatic N) is 3. The van der Waals surface area contributed by atoms with Crippen molar-refractivity contribution in [2.24, 2.45) is 23.7 Å². The molecular weight excluding hydrogens is 472 g/mol. The molecule has 1 aromatic rings. The second-order valence-electron chi connectivity index (χ2n) is 10.0. The van der Waals surface area contributed by atoms with Crippen LogP contribution in [0.15, 0.2) is 30.3 Å². The fourth-order valence-electron chi connectivity index (χ4n) is 5.60. The molecule has 4 rings (SSSR count). The standard InChI is InChI=1S/C24H34N4O6S/c1-14-15(2)21(14)24(32)28-19-10-11-27(22(19)16(3)23(28)31)35(33,34)26(4)12-20(30)25-18(13-29)17-8-6-5-7-9-17/h5-9,14-16,18-19,21-22,29H,10-13H2,1-4H3,(H,25,30)/t14-,15+,16-,18-,19-,21?,22+/m0/s1. The number of imide groups is 1. The first kappa shape index (κ1) is 25.7. The van der Waals surface area contributed by atoms with Crippen molar-refractivity contribution in [3.63, 3.8) is 0 Å². The Morgan fingerprint density at radius 1 is 1.17 bits per heavy atom. The van der Waals surface area contributed by atoms with Crippen LogP contribution in [0.3, 0.4) is 0 Å². The van der Waals surface area contributed by atoms with Crippen molar-refractivity contribution in [2.45, 2.75) is 45.3 Å². The molecule has 192 valence electrons. The number of rotatable bonds is 8. The molecule has 1 aromatic carbocycles. The van der Waals surface area contributed by atoms with Gasteiger partial charge in [-0.3, -0.25) is 19.3 Å². The maximum absolute atomic E-state index is 13.4. The first-order valence-electron chi connectivity index (χ1n) is 12.1. The molecule has 1 unspecified atom stereocenters.